The van der Waals surface area contributed by atoms with Crippen molar-refractivity contribution in [1.82, 2.24) is 19.8 Å². The zero-order chi connectivity index (χ0) is 26.1. The summed E-state index contributed by atoms with van der Waals surface area (Å²) < 4.78 is 7.67. The molecule has 2 aromatic heterocycles. The van der Waals surface area contributed by atoms with E-state index >= 15 is 0 Å². The summed E-state index contributed by atoms with van der Waals surface area (Å²) in [5, 5.41) is 7.48. The van der Waals surface area contributed by atoms with Crippen LogP contribution in [-0.2, 0) is 18.3 Å². The number of benzene rings is 1. The van der Waals surface area contributed by atoms with E-state index in [4.69, 9.17) is 14.7 Å². The third-order valence-electron chi connectivity index (χ3n) is 7.07. The first-order valence-corrected chi connectivity index (χ1v) is 12.6. The Morgan fingerprint density at radius 3 is 2.95 bits per heavy atom. The number of ether oxygens (including phenoxy) is 1. The maximum atomic E-state index is 13.0. The highest BCUT2D eigenvalue weighted by Crippen LogP contribution is 2.36. The second-order valence-electron chi connectivity index (χ2n) is 9.90. The topological polar surface area (TPSA) is 83.8 Å². The van der Waals surface area contributed by atoms with Crippen molar-refractivity contribution in [3.05, 3.63) is 71.8 Å². The maximum absolute atomic E-state index is 13.0. The van der Waals surface area contributed by atoms with E-state index in [2.05, 4.69) is 44.9 Å². The number of nitrogens with one attached hydrogen (secondary N) is 2. The van der Waals surface area contributed by atoms with Crippen LogP contribution in [0.1, 0.15) is 29.3 Å². The molecule has 1 atom stereocenters. The Morgan fingerprint density at radius 2 is 2.22 bits per heavy atom. The van der Waals surface area contributed by atoms with Crippen LogP contribution in [0.4, 0.5) is 5.69 Å². The zero-order valence-electron chi connectivity index (χ0n) is 22.0. The highest BCUT2D eigenvalue weighted by molar-refractivity contribution is 6.07. The highest BCUT2D eigenvalue weighted by atomic mass is 16.5. The first-order chi connectivity index (χ1) is 17.9. The van der Waals surface area contributed by atoms with Gasteiger partial charge in [-0.2, -0.15) is 0 Å². The summed E-state index contributed by atoms with van der Waals surface area (Å²) in [6, 6.07) is 8.28. The van der Waals surface area contributed by atoms with Crippen molar-refractivity contribution in [3.63, 3.8) is 0 Å². The number of amides is 1. The van der Waals surface area contributed by atoms with Crippen molar-refractivity contribution in [2.24, 2.45) is 18.0 Å². The van der Waals surface area contributed by atoms with Gasteiger partial charge in [0.15, 0.2) is 0 Å². The molecule has 1 saturated heterocycles. The van der Waals surface area contributed by atoms with Gasteiger partial charge in [0.1, 0.15) is 5.82 Å². The Kier molecular flexibility index (Phi) is 6.95. The molecule has 0 bridgehead atoms. The molecule has 5 rings (SSSR count). The minimum atomic E-state index is -0.109. The molecule has 2 aliphatic rings. The van der Waals surface area contributed by atoms with Crippen LogP contribution >= 0.6 is 0 Å². The van der Waals surface area contributed by atoms with E-state index in [1.165, 1.54) is 0 Å². The number of aliphatic imine (C=N–C) groups is 1. The third-order valence-corrected chi connectivity index (χ3v) is 7.07. The molecule has 4 heterocycles. The quantitative estimate of drug-likeness (QED) is 0.451. The van der Waals surface area contributed by atoms with Crippen LogP contribution in [0, 0.1) is 5.92 Å². The van der Waals surface area contributed by atoms with Crippen LogP contribution in [0.15, 0.2) is 65.7 Å². The van der Waals surface area contributed by atoms with Crippen LogP contribution in [0.3, 0.4) is 0 Å². The Bertz CT molecular complexity index is 1430. The molecule has 0 radical (unpaired) electrons. The normalized spacial score (nSPS) is 18.0. The van der Waals surface area contributed by atoms with E-state index < -0.39 is 0 Å². The summed E-state index contributed by atoms with van der Waals surface area (Å²) in [6.45, 7) is 8.81. The second-order valence-corrected chi connectivity index (χ2v) is 9.90. The van der Waals surface area contributed by atoms with Crippen molar-refractivity contribution in [2.45, 2.75) is 19.9 Å². The molecule has 37 heavy (non-hydrogen) atoms. The van der Waals surface area contributed by atoms with E-state index in [1.807, 2.05) is 46.4 Å². The lowest BCUT2D eigenvalue weighted by Gasteiger charge is -2.20. The predicted octanol–water partition coefficient (Wildman–Crippen LogP) is 4.35. The van der Waals surface area contributed by atoms with E-state index in [-0.39, 0.29) is 11.8 Å². The summed E-state index contributed by atoms with van der Waals surface area (Å²) >= 11 is 0. The number of aryl methyl sites for hydroxylation is 1. The summed E-state index contributed by atoms with van der Waals surface area (Å²) in [6.07, 6.45) is 6.65. The number of carbonyl (C=O) groups excluding carboxylic acids is 1. The second kappa shape index (κ2) is 10.3. The number of pyridine rings is 1. The third kappa shape index (κ3) is 4.82. The number of rotatable bonds is 8. The Labute approximate surface area is 217 Å². The number of fused-ring (bicyclic) bond motifs is 2. The molecular formula is C29H34N6O2. The molecule has 2 aliphatic heterocycles. The molecule has 1 aromatic carbocycles. The monoisotopic (exact) mass is 498 g/mol. The number of allylic oxidation sites excluding steroid dienone is 1. The SMILES string of the molecule is C=C(/C(CN(C)C)=N\C(=C/C)Nc1cnc(-c2cccc3c2ccn3C)c2c1C(=O)NC2)[C@@H]1CCOC1. The van der Waals surface area contributed by atoms with Crippen molar-refractivity contribution in [1.29, 1.82) is 0 Å². The van der Waals surface area contributed by atoms with Crippen molar-refractivity contribution in [3.8, 4) is 11.3 Å². The van der Waals surface area contributed by atoms with Crippen LogP contribution in [0.25, 0.3) is 22.2 Å². The average molecular weight is 499 g/mol. The Morgan fingerprint density at radius 1 is 1.38 bits per heavy atom. The van der Waals surface area contributed by atoms with E-state index in [1.54, 1.807) is 6.20 Å². The number of carbonyl (C=O) groups is 1. The molecule has 0 unspecified atom stereocenters. The summed E-state index contributed by atoms with van der Waals surface area (Å²) in [5.74, 6) is 0.814. The van der Waals surface area contributed by atoms with Gasteiger partial charge in [0.05, 0.1) is 35.5 Å². The number of hydrogen-bond acceptors (Lipinski definition) is 6. The van der Waals surface area contributed by atoms with Crippen molar-refractivity contribution in [2.75, 3.05) is 39.2 Å². The van der Waals surface area contributed by atoms with Crippen LogP contribution < -0.4 is 10.6 Å². The molecular weight excluding hydrogens is 464 g/mol. The lowest BCUT2D eigenvalue weighted by atomic mass is 9.95. The number of aromatic nitrogens is 2. The van der Waals surface area contributed by atoms with Crippen LogP contribution in [0.2, 0.25) is 0 Å². The van der Waals surface area contributed by atoms with Gasteiger partial charge in [-0.1, -0.05) is 18.7 Å². The first-order valence-electron chi connectivity index (χ1n) is 12.6. The van der Waals surface area contributed by atoms with Crippen LogP contribution in [0.5, 0.6) is 0 Å². The molecule has 0 spiro atoms. The Hall–Kier alpha value is -3.75. The average Bonchev–Trinajstić information content (AvgIpc) is 3.64. The molecule has 8 heteroatoms. The van der Waals surface area contributed by atoms with Gasteiger partial charge in [-0.05, 0) is 51.2 Å². The van der Waals surface area contributed by atoms with Gasteiger partial charge in [-0.25, -0.2) is 4.99 Å². The Balaban J connectivity index is 1.51. The fraction of sp³-hybridized carbons (Fsp3) is 0.345. The molecule has 8 nitrogen and oxygen atoms in total. The number of anilines is 1. The largest absolute Gasteiger partial charge is 0.381 e. The van der Waals surface area contributed by atoms with Gasteiger partial charge in [-0.15, -0.1) is 0 Å². The van der Waals surface area contributed by atoms with E-state index in [0.717, 1.165) is 52.0 Å². The summed E-state index contributed by atoms with van der Waals surface area (Å²) in [7, 11) is 6.06. The van der Waals surface area contributed by atoms with Gasteiger partial charge in [-0.3, -0.25) is 9.78 Å². The fourth-order valence-corrected chi connectivity index (χ4v) is 5.08. The summed E-state index contributed by atoms with van der Waals surface area (Å²) in [4.78, 5) is 24.9. The van der Waals surface area contributed by atoms with Gasteiger partial charge in [0.2, 0.25) is 0 Å². The van der Waals surface area contributed by atoms with Gasteiger partial charge < -0.3 is 24.8 Å². The van der Waals surface area contributed by atoms with Gasteiger partial charge in [0, 0.05) is 60.9 Å². The molecule has 1 fully saturated rings. The van der Waals surface area contributed by atoms with Crippen LogP contribution in [-0.4, -0.2) is 59.9 Å². The molecule has 3 aromatic rings. The summed E-state index contributed by atoms with van der Waals surface area (Å²) in [5.41, 5.74) is 7.03. The highest BCUT2D eigenvalue weighted by Gasteiger charge is 2.28. The molecule has 192 valence electrons. The lowest BCUT2D eigenvalue weighted by molar-refractivity contribution is 0.0966. The smallest absolute Gasteiger partial charge is 0.254 e. The maximum Gasteiger partial charge on any atom is 0.254 e. The van der Waals surface area contributed by atoms with Crippen molar-refractivity contribution >= 4 is 28.2 Å². The van der Waals surface area contributed by atoms with Gasteiger partial charge in [0.25, 0.3) is 5.91 Å². The molecule has 2 N–H and O–H groups in total. The van der Waals surface area contributed by atoms with E-state index in [9.17, 15) is 4.79 Å². The first kappa shape index (κ1) is 24.9. The minimum absolute atomic E-state index is 0.109. The predicted molar refractivity (Wildman–Crippen MR) is 149 cm³/mol. The standard InChI is InChI=1S/C29H34N6O2/c1-6-26(33-24(16-34(3)4)18(2)19-11-13-37-17-19)32-23-15-30-28(22-14-31-29(36)27(22)23)21-8-7-9-25-20(21)10-12-35(25)5/h6-10,12,15,19,32H,2,11,13-14,16-17H2,1,3-5H3,(H,31,36)/b26-6-,33-24-/t19-/m1/s1. The minimum Gasteiger partial charge on any atom is -0.381 e. The fourth-order valence-electron chi connectivity index (χ4n) is 5.08. The molecule has 0 saturated carbocycles. The molecule has 0 aliphatic carbocycles. The van der Waals surface area contributed by atoms with E-state index in [0.29, 0.717) is 36.8 Å². The number of nitrogens with zero attached hydrogens (tertiary/aromatic N) is 4. The van der Waals surface area contributed by atoms with Gasteiger partial charge >= 0.3 is 0 Å². The molecule has 1 amide bonds. The number of hydrogen-bond donors (Lipinski definition) is 2. The van der Waals surface area contributed by atoms with Crippen molar-refractivity contribution < 1.29 is 9.53 Å². The zero-order valence-corrected chi connectivity index (χ0v) is 22.0. The lowest BCUT2D eigenvalue weighted by Crippen LogP contribution is -2.26.